The molecule has 0 spiro atoms. The van der Waals surface area contributed by atoms with Gasteiger partial charge < -0.3 is 19.9 Å². The predicted molar refractivity (Wildman–Crippen MR) is 123 cm³/mol. The van der Waals surface area contributed by atoms with Crippen molar-refractivity contribution in [3.63, 3.8) is 0 Å². The second-order valence-electron chi connectivity index (χ2n) is 8.03. The van der Waals surface area contributed by atoms with Gasteiger partial charge in [0.1, 0.15) is 5.75 Å². The van der Waals surface area contributed by atoms with E-state index in [0.29, 0.717) is 54.4 Å². The Morgan fingerprint density at radius 3 is 2.34 bits per heavy atom. The van der Waals surface area contributed by atoms with Gasteiger partial charge in [-0.25, -0.2) is 0 Å². The monoisotopic (exact) mass is 457 g/mol. The first kappa shape index (κ1) is 23.6. The van der Waals surface area contributed by atoms with E-state index >= 15 is 0 Å². The number of carbonyl (C=O) groups excluding carboxylic acids is 3. The number of amides is 3. The van der Waals surface area contributed by atoms with E-state index in [9.17, 15) is 14.4 Å². The molecular formula is C24H28ClN3O4. The number of hydrogen-bond donors (Lipinski definition) is 1. The van der Waals surface area contributed by atoms with Crippen LogP contribution in [0.25, 0.3) is 0 Å². The van der Waals surface area contributed by atoms with Gasteiger partial charge in [-0.3, -0.25) is 14.4 Å². The molecule has 7 nitrogen and oxygen atoms in total. The fourth-order valence-electron chi connectivity index (χ4n) is 3.72. The minimum atomic E-state index is -0.144. The van der Waals surface area contributed by atoms with Gasteiger partial charge in [0.2, 0.25) is 5.91 Å². The fraction of sp³-hybridized carbons (Fsp3) is 0.375. The number of nitrogens with one attached hydrogen (secondary N) is 1. The van der Waals surface area contributed by atoms with Gasteiger partial charge in [0.15, 0.2) is 0 Å². The van der Waals surface area contributed by atoms with E-state index in [1.807, 2.05) is 12.1 Å². The lowest BCUT2D eigenvalue weighted by atomic mass is 9.95. The Bertz CT molecular complexity index is 983. The Kier molecular flexibility index (Phi) is 7.75. The van der Waals surface area contributed by atoms with Crippen LogP contribution in [0.3, 0.4) is 0 Å². The summed E-state index contributed by atoms with van der Waals surface area (Å²) in [5, 5.41) is 3.44. The quantitative estimate of drug-likeness (QED) is 0.722. The molecular weight excluding hydrogens is 430 g/mol. The Morgan fingerprint density at radius 1 is 1.09 bits per heavy atom. The van der Waals surface area contributed by atoms with Crippen LogP contribution in [0.4, 0.5) is 0 Å². The molecule has 2 aromatic rings. The molecule has 0 atom stereocenters. The normalized spacial score (nSPS) is 14.1. The summed E-state index contributed by atoms with van der Waals surface area (Å²) in [6, 6.07) is 12.2. The van der Waals surface area contributed by atoms with Crippen molar-refractivity contribution in [2.75, 3.05) is 34.3 Å². The molecule has 0 radical (unpaired) electrons. The van der Waals surface area contributed by atoms with E-state index in [-0.39, 0.29) is 23.6 Å². The molecule has 1 aliphatic heterocycles. The van der Waals surface area contributed by atoms with Crippen LogP contribution in [-0.4, -0.2) is 61.8 Å². The molecule has 0 aliphatic carbocycles. The van der Waals surface area contributed by atoms with E-state index in [0.717, 1.165) is 5.56 Å². The summed E-state index contributed by atoms with van der Waals surface area (Å²) in [4.78, 5) is 40.7. The molecule has 1 heterocycles. The topological polar surface area (TPSA) is 79.0 Å². The van der Waals surface area contributed by atoms with Gasteiger partial charge in [0.05, 0.1) is 12.7 Å². The number of nitrogens with zero attached hydrogens (tertiary/aromatic N) is 2. The number of hydrogen-bond acceptors (Lipinski definition) is 4. The Morgan fingerprint density at radius 2 is 1.75 bits per heavy atom. The number of likely N-dealkylation sites (tertiary alicyclic amines) is 1. The first-order valence-corrected chi connectivity index (χ1v) is 10.9. The number of rotatable bonds is 6. The van der Waals surface area contributed by atoms with Crippen molar-refractivity contribution >= 4 is 29.3 Å². The van der Waals surface area contributed by atoms with Crippen LogP contribution in [0, 0.1) is 5.92 Å². The molecule has 1 N–H and O–H groups in total. The average molecular weight is 458 g/mol. The summed E-state index contributed by atoms with van der Waals surface area (Å²) in [7, 11) is 4.94. The zero-order valence-electron chi connectivity index (χ0n) is 18.6. The van der Waals surface area contributed by atoms with Crippen LogP contribution in [0.15, 0.2) is 42.5 Å². The number of piperidine rings is 1. The van der Waals surface area contributed by atoms with E-state index in [1.54, 1.807) is 49.3 Å². The van der Waals surface area contributed by atoms with E-state index in [2.05, 4.69) is 5.32 Å². The van der Waals surface area contributed by atoms with Gasteiger partial charge in [0, 0.05) is 50.2 Å². The molecule has 1 saturated heterocycles. The molecule has 8 heteroatoms. The van der Waals surface area contributed by atoms with Crippen molar-refractivity contribution in [2.24, 2.45) is 5.92 Å². The zero-order chi connectivity index (χ0) is 23.3. The second kappa shape index (κ2) is 10.5. The molecule has 1 aliphatic rings. The average Bonchev–Trinajstić information content (AvgIpc) is 2.82. The third-order valence-electron chi connectivity index (χ3n) is 5.62. The summed E-state index contributed by atoms with van der Waals surface area (Å²) in [5.41, 5.74) is 1.96. The first-order valence-electron chi connectivity index (χ1n) is 10.5. The molecule has 0 aromatic heterocycles. The highest BCUT2D eigenvalue weighted by Gasteiger charge is 2.29. The van der Waals surface area contributed by atoms with Crippen molar-refractivity contribution in [1.82, 2.24) is 15.1 Å². The Labute approximate surface area is 193 Å². The lowest BCUT2D eigenvalue weighted by Crippen LogP contribution is -2.43. The van der Waals surface area contributed by atoms with Crippen LogP contribution in [0.5, 0.6) is 5.75 Å². The number of halogens is 1. The van der Waals surface area contributed by atoms with Gasteiger partial charge in [0.25, 0.3) is 11.8 Å². The van der Waals surface area contributed by atoms with Crippen molar-refractivity contribution in [3.8, 4) is 5.75 Å². The van der Waals surface area contributed by atoms with Crippen LogP contribution >= 0.6 is 11.6 Å². The van der Waals surface area contributed by atoms with Gasteiger partial charge in [-0.1, -0.05) is 23.7 Å². The van der Waals surface area contributed by atoms with E-state index in [1.165, 1.54) is 12.0 Å². The summed E-state index contributed by atoms with van der Waals surface area (Å²) >= 11 is 6.05. The van der Waals surface area contributed by atoms with E-state index < -0.39 is 0 Å². The maximum atomic E-state index is 12.9. The molecule has 0 unspecified atom stereocenters. The number of benzene rings is 2. The largest absolute Gasteiger partial charge is 0.496 e. The van der Waals surface area contributed by atoms with Crippen LogP contribution in [-0.2, 0) is 11.3 Å². The minimum absolute atomic E-state index is 0.0223. The highest BCUT2D eigenvalue weighted by Crippen LogP contribution is 2.26. The summed E-state index contributed by atoms with van der Waals surface area (Å²) in [5.74, 6) is 0.117. The Balaban J connectivity index is 1.51. The van der Waals surface area contributed by atoms with Gasteiger partial charge >= 0.3 is 0 Å². The van der Waals surface area contributed by atoms with Crippen molar-refractivity contribution in [1.29, 1.82) is 0 Å². The van der Waals surface area contributed by atoms with Gasteiger partial charge in [-0.2, -0.15) is 0 Å². The molecule has 0 bridgehead atoms. The number of carbonyl (C=O) groups is 3. The highest BCUT2D eigenvalue weighted by atomic mass is 35.5. The molecule has 0 saturated carbocycles. The Hall–Kier alpha value is -3.06. The van der Waals surface area contributed by atoms with Crippen LogP contribution in [0.2, 0.25) is 5.02 Å². The molecule has 3 rings (SSSR count). The van der Waals surface area contributed by atoms with E-state index in [4.69, 9.17) is 16.3 Å². The zero-order valence-corrected chi connectivity index (χ0v) is 19.3. The third-order valence-corrected chi connectivity index (χ3v) is 5.85. The number of methoxy groups -OCH3 is 1. The molecule has 1 fully saturated rings. The smallest absolute Gasteiger partial charge is 0.257 e. The van der Waals surface area contributed by atoms with Gasteiger partial charge in [-0.15, -0.1) is 0 Å². The lowest BCUT2D eigenvalue weighted by molar-refractivity contribution is -0.126. The minimum Gasteiger partial charge on any atom is -0.496 e. The SMILES string of the molecule is COc1ccc(Cl)cc1C(=O)N1CCC(C(=O)NCc2ccc(C(=O)N(C)C)cc2)CC1. The molecule has 170 valence electrons. The van der Waals surface area contributed by atoms with Crippen molar-refractivity contribution < 1.29 is 19.1 Å². The fourth-order valence-corrected chi connectivity index (χ4v) is 3.89. The molecule has 3 amide bonds. The van der Waals surface area contributed by atoms with Crippen LogP contribution in [0.1, 0.15) is 39.1 Å². The number of ether oxygens (including phenoxy) is 1. The summed E-state index contributed by atoms with van der Waals surface area (Å²) in [6.07, 6.45) is 1.19. The summed E-state index contributed by atoms with van der Waals surface area (Å²) < 4.78 is 5.29. The third kappa shape index (κ3) is 5.59. The second-order valence-corrected chi connectivity index (χ2v) is 8.46. The van der Waals surface area contributed by atoms with Gasteiger partial charge in [-0.05, 0) is 48.7 Å². The van der Waals surface area contributed by atoms with Crippen molar-refractivity contribution in [2.45, 2.75) is 19.4 Å². The maximum absolute atomic E-state index is 12.9. The lowest BCUT2D eigenvalue weighted by Gasteiger charge is -2.31. The summed E-state index contributed by atoms with van der Waals surface area (Å²) in [6.45, 7) is 1.38. The molecule has 32 heavy (non-hydrogen) atoms. The van der Waals surface area contributed by atoms with Crippen LogP contribution < -0.4 is 10.1 Å². The van der Waals surface area contributed by atoms with Crippen molar-refractivity contribution in [3.05, 3.63) is 64.2 Å². The first-order chi connectivity index (χ1) is 15.3. The standard InChI is InChI=1S/C24H28ClN3O4/c1-27(2)23(30)18-6-4-16(5-7-18)15-26-22(29)17-10-12-28(13-11-17)24(31)20-14-19(25)8-9-21(20)32-3/h4-9,14,17H,10-13,15H2,1-3H3,(H,26,29). The predicted octanol–water partition coefficient (Wildman–Crippen LogP) is 3.22. The highest BCUT2D eigenvalue weighted by molar-refractivity contribution is 6.31. The molecule has 2 aromatic carbocycles. The maximum Gasteiger partial charge on any atom is 0.257 e.